The van der Waals surface area contributed by atoms with Gasteiger partial charge in [-0.05, 0) is 18.6 Å². The summed E-state index contributed by atoms with van der Waals surface area (Å²) in [6.45, 7) is 4.39. The largest absolute Gasteiger partial charge is 0.409 e. The number of hydrogen-bond acceptors (Lipinski definition) is 3. The van der Waals surface area contributed by atoms with Crippen LogP contribution in [0.25, 0.3) is 0 Å². The molecular formula is C13H20FN3O. The third kappa shape index (κ3) is 3.35. The predicted octanol–water partition coefficient (Wildman–Crippen LogP) is 2.42. The number of rotatable bonds is 5. The van der Waals surface area contributed by atoms with Crippen LogP contribution in [-0.4, -0.2) is 24.6 Å². The zero-order chi connectivity index (χ0) is 13.8. The molecule has 1 aromatic carbocycles. The lowest BCUT2D eigenvalue weighted by atomic mass is 9.88. The van der Waals surface area contributed by atoms with Crippen molar-refractivity contribution in [2.24, 2.45) is 16.3 Å². The van der Waals surface area contributed by atoms with Gasteiger partial charge in [0.05, 0.1) is 5.69 Å². The molecule has 0 atom stereocenters. The molecule has 0 saturated carbocycles. The number of halogens is 1. The number of nitrogens with zero attached hydrogens (tertiary/aromatic N) is 2. The van der Waals surface area contributed by atoms with Gasteiger partial charge in [-0.25, -0.2) is 4.39 Å². The molecule has 0 amide bonds. The Balaban J connectivity index is 2.67. The first-order valence-corrected chi connectivity index (χ1v) is 5.82. The Bertz CT molecular complexity index is 432. The van der Waals surface area contributed by atoms with Crippen molar-refractivity contribution in [3.63, 3.8) is 0 Å². The molecule has 0 aliphatic heterocycles. The first-order valence-electron chi connectivity index (χ1n) is 5.82. The number of amidine groups is 1. The minimum atomic E-state index is -0.422. The van der Waals surface area contributed by atoms with Crippen LogP contribution in [-0.2, 0) is 0 Å². The maximum Gasteiger partial charge on any atom is 0.146 e. The van der Waals surface area contributed by atoms with Crippen molar-refractivity contribution in [2.75, 3.05) is 18.5 Å². The molecule has 100 valence electrons. The van der Waals surface area contributed by atoms with Crippen molar-refractivity contribution in [1.82, 2.24) is 0 Å². The van der Waals surface area contributed by atoms with E-state index in [1.54, 1.807) is 18.2 Å². The smallest absolute Gasteiger partial charge is 0.146 e. The van der Waals surface area contributed by atoms with Crippen LogP contribution in [0.1, 0.15) is 20.3 Å². The highest BCUT2D eigenvalue weighted by atomic mass is 19.1. The lowest BCUT2D eigenvalue weighted by Gasteiger charge is -2.27. The minimum Gasteiger partial charge on any atom is -0.409 e. The van der Waals surface area contributed by atoms with Gasteiger partial charge < -0.3 is 15.8 Å². The molecule has 5 heteroatoms. The highest BCUT2D eigenvalue weighted by Crippen LogP contribution is 2.23. The minimum absolute atomic E-state index is 0.185. The van der Waals surface area contributed by atoms with Crippen LogP contribution in [0.15, 0.2) is 29.4 Å². The summed E-state index contributed by atoms with van der Waals surface area (Å²) in [5.74, 6) is -0.0639. The van der Waals surface area contributed by atoms with E-state index in [0.717, 1.165) is 0 Å². The second-order valence-electron chi connectivity index (χ2n) is 4.99. The van der Waals surface area contributed by atoms with Gasteiger partial charge in [0.2, 0.25) is 0 Å². The highest BCUT2D eigenvalue weighted by molar-refractivity contribution is 5.85. The summed E-state index contributed by atoms with van der Waals surface area (Å²) in [5.41, 5.74) is 5.74. The molecule has 0 heterocycles. The molecule has 0 aromatic heterocycles. The highest BCUT2D eigenvalue weighted by Gasteiger charge is 2.24. The van der Waals surface area contributed by atoms with E-state index in [2.05, 4.69) is 5.16 Å². The Labute approximate surface area is 107 Å². The van der Waals surface area contributed by atoms with Gasteiger partial charge >= 0.3 is 0 Å². The van der Waals surface area contributed by atoms with Crippen molar-refractivity contribution in [1.29, 1.82) is 0 Å². The molecule has 0 spiro atoms. The standard InChI is InChI=1S/C13H20FN3O/c1-13(2,12(15)16-18)8-9-17(3)11-7-5-4-6-10(11)14/h4-7,18H,8-9H2,1-3H3,(H2,15,16). The molecule has 1 aromatic rings. The van der Waals surface area contributed by atoms with Crippen molar-refractivity contribution in [3.05, 3.63) is 30.1 Å². The van der Waals surface area contributed by atoms with E-state index in [0.29, 0.717) is 18.7 Å². The van der Waals surface area contributed by atoms with Gasteiger partial charge in [0.25, 0.3) is 0 Å². The average Bonchev–Trinajstić information content (AvgIpc) is 2.35. The molecular weight excluding hydrogens is 233 g/mol. The SMILES string of the molecule is CN(CCC(C)(C)C(N)=NO)c1ccccc1F. The number of hydrogen-bond donors (Lipinski definition) is 2. The average molecular weight is 253 g/mol. The topological polar surface area (TPSA) is 61.8 Å². The molecule has 0 aliphatic carbocycles. The van der Waals surface area contributed by atoms with Crippen LogP contribution in [0.3, 0.4) is 0 Å². The monoisotopic (exact) mass is 253 g/mol. The molecule has 0 unspecified atom stereocenters. The molecule has 18 heavy (non-hydrogen) atoms. The molecule has 0 bridgehead atoms. The van der Waals surface area contributed by atoms with Crippen LogP contribution in [0.2, 0.25) is 0 Å². The van der Waals surface area contributed by atoms with E-state index in [9.17, 15) is 4.39 Å². The quantitative estimate of drug-likeness (QED) is 0.366. The first kappa shape index (κ1) is 14.3. The summed E-state index contributed by atoms with van der Waals surface area (Å²) >= 11 is 0. The second kappa shape index (κ2) is 5.71. The van der Waals surface area contributed by atoms with Crippen LogP contribution >= 0.6 is 0 Å². The molecule has 4 nitrogen and oxygen atoms in total. The summed E-state index contributed by atoms with van der Waals surface area (Å²) in [6.07, 6.45) is 0.660. The van der Waals surface area contributed by atoms with E-state index < -0.39 is 5.41 Å². The lowest BCUT2D eigenvalue weighted by molar-refractivity contribution is 0.306. The number of benzene rings is 1. The Morgan fingerprint density at radius 1 is 1.44 bits per heavy atom. The van der Waals surface area contributed by atoms with E-state index in [4.69, 9.17) is 10.9 Å². The van der Waals surface area contributed by atoms with Crippen molar-refractivity contribution >= 4 is 11.5 Å². The van der Waals surface area contributed by atoms with E-state index in [1.165, 1.54) is 6.07 Å². The first-order chi connectivity index (χ1) is 8.38. The Hall–Kier alpha value is -1.78. The second-order valence-corrected chi connectivity index (χ2v) is 4.99. The van der Waals surface area contributed by atoms with Gasteiger partial charge in [-0.3, -0.25) is 0 Å². The van der Waals surface area contributed by atoms with Gasteiger partial charge in [0.1, 0.15) is 11.7 Å². The van der Waals surface area contributed by atoms with Gasteiger partial charge in [0, 0.05) is 19.0 Å². The summed E-state index contributed by atoms with van der Waals surface area (Å²) in [6, 6.07) is 6.61. The molecule has 0 fully saturated rings. The molecule has 3 N–H and O–H groups in total. The van der Waals surface area contributed by atoms with Crippen molar-refractivity contribution < 1.29 is 9.60 Å². The zero-order valence-corrected chi connectivity index (χ0v) is 11.0. The Kier molecular flexibility index (Phi) is 4.53. The van der Waals surface area contributed by atoms with E-state index >= 15 is 0 Å². The summed E-state index contributed by atoms with van der Waals surface area (Å²) in [5, 5.41) is 11.7. The maximum absolute atomic E-state index is 13.6. The third-order valence-corrected chi connectivity index (χ3v) is 3.14. The molecule has 0 radical (unpaired) electrons. The van der Waals surface area contributed by atoms with Crippen LogP contribution in [0.4, 0.5) is 10.1 Å². The van der Waals surface area contributed by atoms with Gasteiger partial charge in [0.15, 0.2) is 0 Å². The summed E-state index contributed by atoms with van der Waals surface area (Å²) in [7, 11) is 1.82. The Morgan fingerprint density at radius 3 is 2.61 bits per heavy atom. The fourth-order valence-electron chi connectivity index (χ4n) is 1.59. The van der Waals surface area contributed by atoms with Crippen molar-refractivity contribution in [3.8, 4) is 0 Å². The number of oxime groups is 1. The van der Waals surface area contributed by atoms with Gasteiger partial charge in [-0.2, -0.15) is 0 Å². The van der Waals surface area contributed by atoms with Gasteiger partial charge in [-0.1, -0.05) is 31.1 Å². The normalized spacial score (nSPS) is 12.6. The van der Waals surface area contributed by atoms with E-state index in [1.807, 2.05) is 25.8 Å². The van der Waals surface area contributed by atoms with Crippen molar-refractivity contribution in [2.45, 2.75) is 20.3 Å². The lowest BCUT2D eigenvalue weighted by Crippen LogP contribution is -2.35. The fourth-order valence-corrected chi connectivity index (χ4v) is 1.59. The van der Waals surface area contributed by atoms with Crippen LogP contribution in [0.5, 0.6) is 0 Å². The predicted molar refractivity (Wildman–Crippen MR) is 71.5 cm³/mol. The number of para-hydroxylation sites is 1. The molecule has 0 aliphatic rings. The van der Waals surface area contributed by atoms with Crippen LogP contribution in [0, 0.1) is 11.2 Å². The zero-order valence-electron chi connectivity index (χ0n) is 11.0. The van der Waals surface area contributed by atoms with E-state index in [-0.39, 0.29) is 11.7 Å². The number of nitrogens with two attached hydrogens (primary N) is 1. The summed E-state index contributed by atoms with van der Waals surface area (Å²) in [4.78, 5) is 1.82. The Morgan fingerprint density at radius 2 is 2.06 bits per heavy atom. The fraction of sp³-hybridized carbons (Fsp3) is 0.462. The molecule has 0 saturated heterocycles. The maximum atomic E-state index is 13.6. The third-order valence-electron chi connectivity index (χ3n) is 3.14. The van der Waals surface area contributed by atoms with Gasteiger partial charge in [-0.15, -0.1) is 0 Å². The number of anilines is 1. The summed E-state index contributed by atoms with van der Waals surface area (Å²) < 4.78 is 13.6. The van der Waals surface area contributed by atoms with Crippen LogP contribution < -0.4 is 10.6 Å². The molecule has 1 rings (SSSR count).